The molecule has 0 bridgehead atoms. The fourth-order valence-electron chi connectivity index (χ4n) is 3.82. The second-order valence-electron chi connectivity index (χ2n) is 7.30. The van der Waals surface area contributed by atoms with Crippen molar-refractivity contribution < 1.29 is 9.53 Å². The number of thioether (sulfide) groups is 1. The molecule has 4 nitrogen and oxygen atoms in total. The molecule has 2 aromatic rings. The van der Waals surface area contributed by atoms with E-state index in [-0.39, 0.29) is 16.8 Å². The Labute approximate surface area is 159 Å². The van der Waals surface area contributed by atoms with E-state index in [1.165, 1.54) is 11.1 Å². The number of aromatic nitrogens is 1. The first-order chi connectivity index (χ1) is 12.6. The van der Waals surface area contributed by atoms with Gasteiger partial charge in [0.05, 0.1) is 10.9 Å². The van der Waals surface area contributed by atoms with E-state index in [4.69, 9.17) is 4.74 Å². The lowest BCUT2D eigenvalue weighted by Crippen LogP contribution is -2.60. The molecular weight excluding hydrogens is 344 g/mol. The predicted molar refractivity (Wildman–Crippen MR) is 105 cm³/mol. The average molecular weight is 369 g/mol. The minimum absolute atomic E-state index is 0.200. The average Bonchev–Trinajstić information content (AvgIpc) is 3.05. The number of carbonyl (C=O) groups excluding carboxylic acids is 1. The number of hydrogen-bond acceptors (Lipinski definition) is 4. The number of hydrogen-bond donors (Lipinski definition) is 0. The number of rotatable bonds is 5. The SMILES string of the molecule is Cc1ccccc1CCC(=O)N1CC2(C[C@H](Oc3cccnc3)CS2)C1. The summed E-state index contributed by atoms with van der Waals surface area (Å²) in [5.41, 5.74) is 2.54. The van der Waals surface area contributed by atoms with Gasteiger partial charge in [0.25, 0.3) is 0 Å². The zero-order valence-corrected chi connectivity index (χ0v) is 15.9. The van der Waals surface area contributed by atoms with Crippen molar-refractivity contribution >= 4 is 17.7 Å². The topological polar surface area (TPSA) is 42.4 Å². The van der Waals surface area contributed by atoms with Crippen LogP contribution in [0.3, 0.4) is 0 Å². The molecule has 2 saturated heterocycles. The van der Waals surface area contributed by atoms with Gasteiger partial charge in [0, 0.05) is 37.9 Å². The summed E-state index contributed by atoms with van der Waals surface area (Å²) >= 11 is 1.96. The van der Waals surface area contributed by atoms with Crippen LogP contribution in [-0.4, -0.2) is 45.5 Å². The first-order valence-corrected chi connectivity index (χ1v) is 10.2. The highest BCUT2D eigenvalue weighted by Crippen LogP contribution is 2.46. The maximum Gasteiger partial charge on any atom is 0.222 e. The Balaban J connectivity index is 1.24. The Bertz CT molecular complexity index is 775. The molecule has 1 atom stereocenters. The van der Waals surface area contributed by atoms with E-state index in [9.17, 15) is 4.79 Å². The summed E-state index contributed by atoms with van der Waals surface area (Å²) in [5.74, 6) is 2.09. The molecule has 26 heavy (non-hydrogen) atoms. The summed E-state index contributed by atoms with van der Waals surface area (Å²) < 4.78 is 6.23. The highest BCUT2D eigenvalue weighted by atomic mass is 32.2. The van der Waals surface area contributed by atoms with Crippen molar-refractivity contribution in [3.05, 3.63) is 59.9 Å². The number of ether oxygens (including phenoxy) is 1. The summed E-state index contributed by atoms with van der Waals surface area (Å²) in [4.78, 5) is 18.6. The van der Waals surface area contributed by atoms with Crippen molar-refractivity contribution in [2.75, 3.05) is 18.8 Å². The van der Waals surface area contributed by atoms with Crippen LogP contribution < -0.4 is 4.74 Å². The number of amides is 1. The quantitative estimate of drug-likeness (QED) is 0.810. The van der Waals surface area contributed by atoms with Crippen LogP contribution in [0.1, 0.15) is 24.0 Å². The van der Waals surface area contributed by atoms with Gasteiger partial charge in [-0.3, -0.25) is 9.78 Å². The summed E-state index contributed by atoms with van der Waals surface area (Å²) in [6, 6.07) is 12.2. The molecule has 0 unspecified atom stereocenters. The molecule has 0 aliphatic carbocycles. The van der Waals surface area contributed by atoms with Crippen molar-refractivity contribution in [1.82, 2.24) is 9.88 Å². The van der Waals surface area contributed by atoms with Crippen LogP contribution in [0.2, 0.25) is 0 Å². The third-order valence-corrected chi connectivity index (χ3v) is 6.87. The highest BCUT2D eigenvalue weighted by molar-refractivity contribution is 8.01. The smallest absolute Gasteiger partial charge is 0.222 e. The second kappa shape index (κ2) is 7.31. The van der Waals surface area contributed by atoms with Gasteiger partial charge in [-0.2, -0.15) is 0 Å². The molecule has 3 heterocycles. The molecule has 2 fully saturated rings. The molecule has 136 valence electrons. The van der Waals surface area contributed by atoms with Crippen molar-refractivity contribution in [1.29, 1.82) is 0 Å². The number of pyridine rings is 1. The van der Waals surface area contributed by atoms with Gasteiger partial charge in [0.1, 0.15) is 11.9 Å². The van der Waals surface area contributed by atoms with Crippen LogP contribution in [0.5, 0.6) is 5.75 Å². The minimum atomic E-state index is 0.200. The van der Waals surface area contributed by atoms with Crippen LogP contribution in [0.4, 0.5) is 0 Å². The third kappa shape index (κ3) is 3.73. The van der Waals surface area contributed by atoms with Crippen LogP contribution >= 0.6 is 11.8 Å². The molecule has 1 aromatic carbocycles. The molecule has 5 heteroatoms. The van der Waals surface area contributed by atoms with Crippen LogP contribution in [0.25, 0.3) is 0 Å². The van der Waals surface area contributed by atoms with E-state index in [0.717, 1.165) is 37.4 Å². The van der Waals surface area contributed by atoms with Gasteiger partial charge in [-0.1, -0.05) is 24.3 Å². The maximum atomic E-state index is 12.5. The number of aryl methyl sites for hydroxylation is 2. The summed E-state index contributed by atoms with van der Waals surface area (Å²) in [5, 5.41) is 0. The Morgan fingerprint density at radius 2 is 2.15 bits per heavy atom. The van der Waals surface area contributed by atoms with Gasteiger partial charge >= 0.3 is 0 Å². The molecule has 0 saturated carbocycles. The molecule has 1 spiro atoms. The molecule has 2 aliphatic rings. The maximum absolute atomic E-state index is 12.5. The van der Waals surface area contributed by atoms with Gasteiger partial charge in [-0.05, 0) is 36.6 Å². The summed E-state index contributed by atoms with van der Waals surface area (Å²) in [6.07, 6.45) is 6.17. The first kappa shape index (κ1) is 17.4. The van der Waals surface area contributed by atoms with Gasteiger partial charge in [-0.25, -0.2) is 0 Å². The van der Waals surface area contributed by atoms with E-state index in [1.807, 2.05) is 40.9 Å². The van der Waals surface area contributed by atoms with Crippen LogP contribution in [0.15, 0.2) is 48.8 Å². The Hall–Kier alpha value is -2.01. The predicted octanol–water partition coefficient (Wildman–Crippen LogP) is 3.49. The Kier molecular flexibility index (Phi) is 4.90. The van der Waals surface area contributed by atoms with Gasteiger partial charge < -0.3 is 9.64 Å². The molecular formula is C21H24N2O2S. The molecule has 0 radical (unpaired) electrons. The van der Waals surface area contributed by atoms with E-state index >= 15 is 0 Å². The molecule has 4 rings (SSSR count). The molecule has 1 amide bonds. The third-order valence-electron chi connectivity index (χ3n) is 5.29. The van der Waals surface area contributed by atoms with E-state index in [2.05, 4.69) is 24.0 Å². The molecule has 0 N–H and O–H groups in total. The van der Waals surface area contributed by atoms with Gasteiger partial charge in [0.2, 0.25) is 5.91 Å². The van der Waals surface area contributed by atoms with Crippen molar-refractivity contribution in [2.45, 2.75) is 37.0 Å². The van der Waals surface area contributed by atoms with E-state index in [0.29, 0.717) is 6.42 Å². The van der Waals surface area contributed by atoms with Crippen molar-refractivity contribution in [3.63, 3.8) is 0 Å². The van der Waals surface area contributed by atoms with Crippen LogP contribution in [0, 0.1) is 6.92 Å². The zero-order valence-electron chi connectivity index (χ0n) is 15.1. The fraction of sp³-hybridized carbons (Fsp3) is 0.429. The Morgan fingerprint density at radius 1 is 1.31 bits per heavy atom. The van der Waals surface area contributed by atoms with Gasteiger partial charge in [0.15, 0.2) is 0 Å². The number of nitrogens with zero attached hydrogens (tertiary/aromatic N) is 2. The number of carbonyl (C=O) groups is 1. The monoisotopic (exact) mass is 368 g/mol. The van der Waals surface area contributed by atoms with Crippen molar-refractivity contribution in [2.24, 2.45) is 0 Å². The van der Waals surface area contributed by atoms with E-state index < -0.39 is 0 Å². The molecule has 2 aliphatic heterocycles. The number of likely N-dealkylation sites (tertiary alicyclic amines) is 1. The van der Waals surface area contributed by atoms with E-state index in [1.54, 1.807) is 12.4 Å². The zero-order chi connectivity index (χ0) is 18.0. The summed E-state index contributed by atoms with van der Waals surface area (Å²) in [6.45, 7) is 3.82. The first-order valence-electron chi connectivity index (χ1n) is 9.16. The van der Waals surface area contributed by atoms with Crippen molar-refractivity contribution in [3.8, 4) is 5.75 Å². The second-order valence-corrected chi connectivity index (χ2v) is 8.79. The normalized spacial score (nSPS) is 20.8. The lowest BCUT2D eigenvalue weighted by molar-refractivity contribution is -0.136. The minimum Gasteiger partial charge on any atom is -0.488 e. The lowest BCUT2D eigenvalue weighted by Gasteiger charge is -2.47. The summed E-state index contributed by atoms with van der Waals surface area (Å²) in [7, 11) is 0. The lowest BCUT2D eigenvalue weighted by atomic mass is 9.92. The molecule has 1 aromatic heterocycles. The standard InChI is InChI=1S/C21H24N2O2S/c1-16-5-2-3-6-17(16)8-9-20(24)23-14-21(15-23)11-19(13-26-21)25-18-7-4-10-22-12-18/h2-7,10,12,19H,8-9,11,13-15H2,1H3/t19-/m0/s1. The Morgan fingerprint density at radius 3 is 2.92 bits per heavy atom. The highest BCUT2D eigenvalue weighted by Gasteiger charge is 2.51. The van der Waals surface area contributed by atoms with Crippen LogP contribution in [-0.2, 0) is 11.2 Å². The largest absolute Gasteiger partial charge is 0.488 e. The number of benzene rings is 1. The van der Waals surface area contributed by atoms with Gasteiger partial charge in [-0.15, -0.1) is 11.8 Å². The fourth-order valence-corrected chi connectivity index (χ4v) is 5.35.